The van der Waals surface area contributed by atoms with Crippen LogP contribution in [0.15, 0.2) is 10.9 Å². The number of nitrogens with zero attached hydrogens (tertiary/aromatic N) is 3. The molecule has 1 aromatic heterocycles. The van der Waals surface area contributed by atoms with Gasteiger partial charge in [-0.15, -0.1) is 0 Å². The highest BCUT2D eigenvalue weighted by atomic mass is 16.5. The summed E-state index contributed by atoms with van der Waals surface area (Å²) in [6.45, 7) is 3.56. The number of ether oxygens (including phenoxy) is 1. The van der Waals surface area contributed by atoms with Crippen molar-refractivity contribution in [3.63, 3.8) is 0 Å². The number of H-pyrrole nitrogens is 1. The monoisotopic (exact) mass is 280 g/mol. The zero-order chi connectivity index (χ0) is 14.7. The fraction of sp³-hybridized carbons (Fsp3) is 0.615. The first kappa shape index (κ1) is 14.7. The largest absolute Gasteiger partial charge is 0.367 e. The molecule has 1 amide bonds. The molecule has 0 spiro atoms. The Kier molecular flexibility index (Phi) is 4.51. The normalized spacial score (nSPS) is 19.4. The van der Waals surface area contributed by atoms with Gasteiger partial charge in [0, 0.05) is 18.3 Å². The quantitative estimate of drug-likeness (QED) is 0.810. The highest BCUT2D eigenvalue weighted by Crippen LogP contribution is 2.18. The number of hydrogen-bond acceptors (Lipinski definition) is 5. The van der Waals surface area contributed by atoms with Crippen molar-refractivity contribution in [1.29, 1.82) is 0 Å². The molecule has 1 fully saturated rings. The molecule has 2 rings (SSSR count). The number of carbonyl (C=O) groups is 1. The fourth-order valence-corrected chi connectivity index (χ4v) is 2.17. The van der Waals surface area contributed by atoms with Crippen LogP contribution < -0.4 is 5.56 Å². The molecule has 7 nitrogen and oxygen atoms in total. The van der Waals surface area contributed by atoms with Crippen LogP contribution in [0.25, 0.3) is 0 Å². The van der Waals surface area contributed by atoms with Crippen LogP contribution >= 0.6 is 0 Å². The molecule has 0 saturated carbocycles. The second kappa shape index (κ2) is 6.15. The van der Waals surface area contributed by atoms with Gasteiger partial charge >= 0.3 is 0 Å². The lowest BCUT2D eigenvalue weighted by atomic mass is 10.2. The zero-order valence-corrected chi connectivity index (χ0v) is 12.0. The van der Waals surface area contributed by atoms with Crippen molar-refractivity contribution in [2.45, 2.75) is 13.0 Å². The molecular weight excluding hydrogens is 260 g/mol. The Morgan fingerprint density at radius 1 is 1.60 bits per heavy atom. The number of aromatic amines is 1. The van der Waals surface area contributed by atoms with Crippen LogP contribution in [0.1, 0.15) is 17.6 Å². The van der Waals surface area contributed by atoms with E-state index >= 15 is 0 Å². The number of morpholine rings is 1. The third-order valence-electron chi connectivity index (χ3n) is 3.06. The second-order valence-electron chi connectivity index (χ2n) is 5.21. The molecule has 7 heteroatoms. The van der Waals surface area contributed by atoms with Gasteiger partial charge < -0.3 is 19.5 Å². The van der Waals surface area contributed by atoms with E-state index in [1.165, 1.54) is 6.07 Å². The van der Waals surface area contributed by atoms with Gasteiger partial charge in [0.25, 0.3) is 5.56 Å². The van der Waals surface area contributed by atoms with Crippen LogP contribution in [0.3, 0.4) is 0 Å². The Bertz CT molecular complexity index is 541. The fourth-order valence-electron chi connectivity index (χ4n) is 2.17. The first-order chi connectivity index (χ1) is 9.45. The average Bonchev–Trinajstić information content (AvgIpc) is 2.37. The summed E-state index contributed by atoms with van der Waals surface area (Å²) < 4.78 is 5.62. The summed E-state index contributed by atoms with van der Waals surface area (Å²) in [5.41, 5.74) is 0.442. The van der Waals surface area contributed by atoms with Crippen molar-refractivity contribution < 1.29 is 9.53 Å². The number of amides is 1. The lowest BCUT2D eigenvalue weighted by Crippen LogP contribution is -2.46. The van der Waals surface area contributed by atoms with E-state index in [4.69, 9.17) is 4.74 Å². The summed E-state index contributed by atoms with van der Waals surface area (Å²) >= 11 is 0. The van der Waals surface area contributed by atoms with E-state index in [-0.39, 0.29) is 17.6 Å². The van der Waals surface area contributed by atoms with Gasteiger partial charge in [-0.05, 0) is 21.0 Å². The van der Waals surface area contributed by atoms with Gasteiger partial charge in [0.1, 0.15) is 11.9 Å². The molecule has 2 heterocycles. The lowest BCUT2D eigenvalue weighted by Gasteiger charge is -2.33. The number of carbonyl (C=O) groups excluding carboxylic acids is 1. The van der Waals surface area contributed by atoms with E-state index in [0.717, 1.165) is 0 Å². The Balaban J connectivity index is 2.10. The lowest BCUT2D eigenvalue weighted by molar-refractivity contribution is -0.139. The van der Waals surface area contributed by atoms with Crippen LogP contribution in [0, 0.1) is 6.92 Å². The topological polar surface area (TPSA) is 78.5 Å². The second-order valence-corrected chi connectivity index (χ2v) is 5.21. The highest BCUT2D eigenvalue weighted by Gasteiger charge is 2.27. The SMILES string of the molecule is Cc1cc(=O)[nH]c(C2CN(C(=O)CN(C)C)CCO2)n1. The van der Waals surface area contributed by atoms with Gasteiger partial charge in [-0.2, -0.15) is 0 Å². The Morgan fingerprint density at radius 3 is 3.00 bits per heavy atom. The summed E-state index contributed by atoms with van der Waals surface area (Å²) in [6, 6.07) is 1.43. The molecule has 1 aliphatic rings. The molecule has 1 N–H and O–H groups in total. The summed E-state index contributed by atoms with van der Waals surface area (Å²) in [4.78, 5) is 34.1. The predicted molar refractivity (Wildman–Crippen MR) is 73.4 cm³/mol. The summed E-state index contributed by atoms with van der Waals surface area (Å²) in [5, 5.41) is 0. The number of aromatic nitrogens is 2. The van der Waals surface area contributed by atoms with Gasteiger partial charge in [0.2, 0.25) is 5.91 Å². The summed E-state index contributed by atoms with van der Waals surface area (Å²) in [6.07, 6.45) is -0.373. The van der Waals surface area contributed by atoms with Gasteiger partial charge in [-0.1, -0.05) is 0 Å². The molecule has 1 atom stereocenters. The summed E-state index contributed by atoms with van der Waals surface area (Å²) in [7, 11) is 3.71. The molecule has 1 aromatic rings. The van der Waals surface area contributed by atoms with Crippen LogP contribution in [0.4, 0.5) is 0 Å². The number of likely N-dealkylation sites (N-methyl/N-ethyl adjacent to an activating group) is 1. The minimum Gasteiger partial charge on any atom is -0.367 e. The molecule has 0 radical (unpaired) electrons. The molecular formula is C13H20N4O3. The van der Waals surface area contributed by atoms with E-state index in [0.29, 0.717) is 37.8 Å². The highest BCUT2D eigenvalue weighted by molar-refractivity contribution is 5.78. The maximum Gasteiger partial charge on any atom is 0.251 e. The predicted octanol–water partition coefficient (Wildman–Crippen LogP) is -0.460. The van der Waals surface area contributed by atoms with Crippen LogP contribution in [-0.4, -0.2) is 66.0 Å². The van der Waals surface area contributed by atoms with Gasteiger partial charge in [0.05, 0.1) is 19.7 Å². The van der Waals surface area contributed by atoms with Crippen molar-refractivity contribution >= 4 is 5.91 Å². The number of nitrogens with one attached hydrogen (secondary N) is 1. The average molecular weight is 280 g/mol. The number of hydrogen-bond donors (Lipinski definition) is 1. The minimum absolute atomic E-state index is 0.0540. The van der Waals surface area contributed by atoms with Crippen molar-refractivity contribution in [1.82, 2.24) is 19.8 Å². The van der Waals surface area contributed by atoms with Crippen LogP contribution in [0.5, 0.6) is 0 Å². The number of rotatable bonds is 3. The van der Waals surface area contributed by atoms with E-state index in [9.17, 15) is 9.59 Å². The van der Waals surface area contributed by atoms with Crippen molar-refractivity contribution in [3.05, 3.63) is 27.9 Å². The molecule has 0 aromatic carbocycles. The maximum absolute atomic E-state index is 12.1. The molecule has 1 aliphatic heterocycles. The maximum atomic E-state index is 12.1. The summed E-state index contributed by atoms with van der Waals surface area (Å²) in [5.74, 6) is 0.538. The van der Waals surface area contributed by atoms with Crippen molar-refractivity contribution in [2.24, 2.45) is 0 Å². The molecule has 1 unspecified atom stereocenters. The molecule has 1 saturated heterocycles. The van der Waals surface area contributed by atoms with Gasteiger partial charge in [0.15, 0.2) is 0 Å². The Labute approximate surface area is 117 Å². The third-order valence-corrected chi connectivity index (χ3v) is 3.06. The van der Waals surface area contributed by atoms with Crippen LogP contribution in [0.2, 0.25) is 0 Å². The van der Waals surface area contributed by atoms with Gasteiger partial charge in [-0.25, -0.2) is 4.98 Å². The molecule has 0 bridgehead atoms. The first-order valence-corrected chi connectivity index (χ1v) is 6.57. The molecule has 110 valence electrons. The minimum atomic E-state index is -0.373. The number of aryl methyl sites for hydroxylation is 1. The molecule has 20 heavy (non-hydrogen) atoms. The van der Waals surface area contributed by atoms with Crippen molar-refractivity contribution in [3.8, 4) is 0 Å². The van der Waals surface area contributed by atoms with E-state index in [1.807, 2.05) is 19.0 Å². The third kappa shape index (κ3) is 3.64. The van der Waals surface area contributed by atoms with Gasteiger partial charge in [-0.3, -0.25) is 9.59 Å². The van der Waals surface area contributed by atoms with Crippen molar-refractivity contribution in [2.75, 3.05) is 40.3 Å². The van der Waals surface area contributed by atoms with Crippen LogP contribution in [-0.2, 0) is 9.53 Å². The van der Waals surface area contributed by atoms with E-state index < -0.39 is 0 Å². The first-order valence-electron chi connectivity index (χ1n) is 6.57. The smallest absolute Gasteiger partial charge is 0.251 e. The Hall–Kier alpha value is -1.73. The van der Waals surface area contributed by atoms with E-state index in [1.54, 1.807) is 11.8 Å². The zero-order valence-electron chi connectivity index (χ0n) is 12.0. The molecule has 0 aliphatic carbocycles. The van der Waals surface area contributed by atoms with E-state index in [2.05, 4.69) is 9.97 Å². The standard InChI is InChI=1S/C13H20N4O3/c1-9-6-11(18)15-13(14-9)10-7-17(4-5-20-10)12(19)8-16(2)3/h6,10H,4-5,7-8H2,1-3H3,(H,14,15,18). The Morgan fingerprint density at radius 2 is 2.35 bits per heavy atom.